The van der Waals surface area contributed by atoms with Gasteiger partial charge in [-0.2, -0.15) is 0 Å². The Morgan fingerprint density at radius 1 is 1.18 bits per heavy atom. The molecule has 1 heterocycles. The Balaban J connectivity index is 1.56. The van der Waals surface area contributed by atoms with Crippen molar-refractivity contribution in [3.63, 3.8) is 0 Å². The number of hydrogen-bond acceptors (Lipinski definition) is 4. The molecule has 1 aliphatic heterocycles. The number of halogens is 1. The minimum absolute atomic E-state index is 0.0122. The van der Waals surface area contributed by atoms with E-state index in [0.717, 1.165) is 50.6 Å². The second kappa shape index (κ2) is 9.14. The summed E-state index contributed by atoms with van der Waals surface area (Å²) in [5.74, 6) is -0.0315. The van der Waals surface area contributed by atoms with Gasteiger partial charge >= 0.3 is 12.0 Å². The molecular formula is C27H40FN3O3. The molecule has 1 saturated heterocycles. The Bertz CT molecular complexity index is 914. The van der Waals surface area contributed by atoms with Gasteiger partial charge in [0, 0.05) is 18.6 Å². The smallest absolute Gasteiger partial charge is 0.326 e. The van der Waals surface area contributed by atoms with Gasteiger partial charge in [-0.25, -0.2) is 9.18 Å². The lowest BCUT2D eigenvalue weighted by Gasteiger charge is -2.51. The molecule has 7 heteroatoms. The van der Waals surface area contributed by atoms with Crippen molar-refractivity contribution in [2.24, 2.45) is 5.92 Å². The fraction of sp³-hybridized carbons (Fsp3) is 0.704. The van der Waals surface area contributed by atoms with Crippen molar-refractivity contribution in [3.8, 4) is 0 Å². The second-order valence-electron chi connectivity index (χ2n) is 11.8. The monoisotopic (exact) mass is 473 g/mol. The Kier molecular flexibility index (Phi) is 6.71. The summed E-state index contributed by atoms with van der Waals surface area (Å²) in [5, 5.41) is 0. The van der Waals surface area contributed by atoms with Crippen molar-refractivity contribution in [2.45, 2.75) is 82.4 Å². The number of nitrogens with zero attached hydrogens (tertiary/aromatic N) is 3. The lowest BCUT2D eigenvalue weighted by Crippen LogP contribution is -2.56. The first-order valence-corrected chi connectivity index (χ1v) is 12.7. The van der Waals surface area contributed by atoms with Crippen LogP contribution in [0.5, 0.6) is 0 Å². The van der Waals surface area contributed by atoms with Crippen LogP contribution in [0.2, 0.25) is 0 Å². The molecule has 188 valence electrons. The number of ether oxygens (including phenoxy) is 1. The summed E-state index contributed by atoms with van der Waals surface area (Å²) in [6.45, 7) is 6.82. The van der Waals surface area contributed by atoms with Gasteiger partial charge in [0.05, 0.1) is 5.54 Å². The first-order chi connectivity index (χ1) is 15.9. The molecule has 3 aliphatic rings. The van der Waals surface area contributed by atoms with Crippen LogP contribution in [0.15, 0.2) is 24.3 Å². The van der Waals surface area contributed by atoms with E-state index in [1.165, 1.54) is 12.5 Å². The molecule has 4 rings (SSSR count). The zero-order chi connectivity index (χ0) is 24.7. The fourth-order valence-electron chi connectivity index (χ4n) is 6.07. The highest BCUT2D eigenvalue weighted by molar-refractivity contribution is 5.83. The molecule has 0 unspecified atom stereocenters. The zero-order valence-electron chi connectivity index (χ0n) is 21.4. The number of hydrogen-bond donors (Lipinski definition) is 0. The van der Waals surface area contributed by atoms with Gasteiger partial charge in [-0.3, -0.25) is 9.69 Å². The number of esters is 1. The van der Waals surface area contributed by atoms with E-state index in [4.69, 9.17) is 4.74 Å². The largest absolute Gasteiger partial charge is 0.459 e. The molecule has 1 spiro atoms. The standard InChI is InChI=1S/C27H40FN3O3/c1-25(2,3)34-23(32)18-30-19-26(31(24(30)33)17-20-8-6-9-20)12-14-27(15-13-26,29(4)5)21-10-7-11-22(28)16-21/h7,10-11,16,20H,6,8-9,12-15,17-19H2,1-5H3/t26-,27+. The van der Waals surface area contributed by atoms with Crippen LogP contribution in [0.3, 0.4) is 0 Å². The maximum absolute atomic E-state index is 14.1. The summed E-state index contributed by atoms with van der Waals surface area (Å²) < 4.78 is 19.6. The molecule has 0 aromatic heterocycles. The minimum Gasteiger partial charge on any atom is -0.459 e. The van der Waals surface area contributed by atoms with Crippen LogP contribution in [-0.4, -0.2) is 71.6 Å². The molecule has 0 N–H and O–H groups in total. The van der Waals surface area contributed by atoms with E-state index in [9.17, 15) is 14.0 Å². The van der Waals surface area contributed by atoms with Crippen LogP contribution in [0.25, 0.3) is 0 Å². The third-order valence-corrected chi connectivity index (χ3v) is 8.19. The van der Waals surface area contributed by atoms with Gasteiger partial charge in [0.1, 0.15) is 18.0 Å². The number of rotatable bonds is 6. The van der Waals surface area contributed by atoms with Gasteiger partial charge < -0.3 is 14.5 Å². The van der Waals surface area contributed by atoms with E-state index >= 15 is 0 Å². The van der Waals surface area contributed by atoms with Gasteiger partial charge in [0.25, 0.3) is 0 Å². The summed E-state index contributed by atoms with van der Waals surface area (Å²) in [6, 6.07) is 6.90. The van der Waals surface area contributed by atoms with E-state index in [-0.39, 0.29) is 35.4 Å². The van der Waals surface area contributed by atoms with Crippen LogP contribution in [0.1, 0.15) is 71.3 Å². The normalized spacial score (nSPS) is 28.0. The quantitative estimate of drug-likeness (QED) is 0.558. The molecular weight excluding hydrogens is 433 g/mol. The number of carbonyl (C=O) groups is 2. The molecule has 0 atom stereocenters. The summed E-state index contributed by atoms with van der Waals surface area (Å²) >= 11 is 0. The molecule has 1 aromatic carbocycles. The van der Waals surface area contributed by atoms with Crippen LogP contribution >= 0.6 is 0 Å². The first kappa shape index (κ1) is 25.0. The fourth-order valence-corrected chi connectivity index (χ4v) is 6.07. The Hall–Kier alpha value is -2.15. The molecule has 3 fully saturated rings. The minimum atomic E-state index is -0.579. The summed E-state index contributed by atoms with van der Waals surface area (Å²) in [6.07, 6.45) is 6.87. The van der Waals surface area contributed by atoms with Crippen molar-refractivity contribution in [2.75, 3.05) is 33.7 Å². The van der Waals surface area contributed by atoms with Gasteiger partial charge in [0.2, 0.25) is 0 Å². The number of carbonyl (C=O) groups excluding carboxylic acids is 2. The van der Waals surface area contributed by atoms with Crippen LogP contribution in [0, 0.1) is 11.7 Å². The predicted octanol–water partition coefficient (Wildman–Crippen LogP) is 4.77. The summed E-state index contributed by atoms with van der Waals surface area (Å²) in [5.41, 5.74) is -0.143. The van der Waals surface area contributed by atoms with Crippen molar-refractivity contribution in [1.82, 2.24) is 14.7 Å². The highest BCUT2D eigenvalue weighted by atomic mass is 19.1. The molecule has 6 nitrogen and oxygen atoms in total. The van der Waals surface area contributed by atoms with Gasteiger partial charge in [0.15, 0.2) is 0 Å². The lowest BCUT2D eigenvalue weighted by atomic mass is 9.68. The van der Waals surface area contributed by atoms with Gasteiger partial charge in [-0.05, 0) is 97.0 Å². The lowest BCUT2D eigenvalue weighted by molar-refractivity contribution is -0.155. The Morgan fingerprint density at radius 2 is 1.85 bits per heavy atom. The maximum Gasteiger partial charge on any atom is 0.326 e. The topological polar surface area (TPSA) is 53.1 Å². The number of benzene rings is 1. The van der Waals surface area contributed by atoms with E-state index < -0.39 is 5.60 Å². The molecule has 2 amide bonds. The molecule has 34 heavy (non-hydrogen) atoms. The van der Waals surface area contributed by atoms with Crippen molar-refractivity contribution >= 4 is 12.0 Å². The zero-order valence-corrected chi connectivity index (χ0v) is 21.4. The van der Waals surface area contributed by atoms with Crippen molar-refractivity contribution < 1.29 is 18.7 Å². The Morgan fingerprint density at radius 3 is 2.38 bits per heavy atom. The van der Waals surface area contributed by atoms with E-state index in [1.807, 2.05) is 26.8 Å². The number of amides is 2. The van der Waals surface area contributed by atoms with Crippen molar-refractivity contribution in [1.29, 1.82) is 0 Å². The summed E-state index contributed by atoms with van der Waals surface area (Å²) in [4.78, 5) is 32.1. The summed E-state index contributed by atoms with van der Waals surface area (Å²) in [7, 11) is 4.12. The Labute approximate surface area is 203 Å². The average molecular weight is 474 g/mol. The maximum atomic E-state index is 14.1. The molecule has 1 aromatic rings. The van der Waals surface area contributed by atoms with Gasteiger partial charge in [-0.15, -0.1) is 0 Å². The van der Waals surface area contributed by atoms with E-state index in [1.54, 1.807) is 17.0 Å². The highest BCUT2D eigenvalue weighted by Crippen LogP contribution is 2.49. The molecule has 0 radical (unpaired) electrons. The van der Waals surface area contributed by atoms with E-state index in [0.29, 0.717) is 12.5 Å². The van der Waals surface area contributed by atoms with E-state index in [2.05, 4.69) is 23.9 Å². The van der Waals surface area contributed by atoms with Crippen molar-refractivity contribution in [3.05, 3.63) is 35.6 Å². The van der Waals surface area contributed by atoms with Gasteiger partial charge in [-0.1, -0.05) is 18.6 Å². The molecule has 0 bridgehead atoms. The highest BCUT2D eigenvalue weighted by Gasteiger charge is 2.55. The number of urea groups is 1. The first-order valence-electron chi connectivity index (χ1n) is 12.7. The SMILES string of the molecule is CN(C)[C@]1(c2cccc(F)c2)CC[C@]2(CC1)CN(CC(=O)OC(C)(C)C)C(=O)N2CC1CCC1. The third kappa shape index (κ3) is 4.81. The molecule has 2 saturated carbocycles. The van der Waals surface area contributed by atoms with Crippen LogP contribution in [0.4, 0.5) is 9.18 Å². The van der Waals surface area contributed by atoms with Crippen LogP contribution < -0.4 is 0 Å². The second-order valence-corrected chi connectivity index (χ2v) is 11.8. The van der Waals surface area contributed by atoms with Crippen LogP contribution in [-0.2, 0) is 15.1 Å². The molecule has 2 aliphatic carbocycles. The predicted molar refractivity (Wildman–Crippen MR) is 130 cm³/mol. The average Bonchev–Trinajstić information content (AvgIpc) is 2.94. The third-order valence-electron chi connectivity index (χ3n) is 8.19.